The third-order valence-corrected chi connectivity index (χ3v) is 5.25. The van der Waals surface area contributed by atoms with Gasteiger partial charge < -0.3 is 0 Å². The van der Waals surface area contributed by atoms with Crippen molar-refractivity contribution < 1.29 is 8.42 Å². The zero-order chi connectivity index (χ0) is 12.5. The van der Waals surface area contributed by atoms with Crippen molar-refractivity contribution in [3.63, 3.8) is 0 Å². The van der Waals surface area contributed by atoms with Crippen LogP contribution in [-0.2, 0) is 16.6 Å². The highest BCUT2D eigenvalue weighted by Gasteiger charge is 2.29. The Bertz CT molecular complexity index is 496. The summed E-state index contributed by atoms with van der Waals surface area (Å²) in [5, 5.41) is 0. The lowest BCUT2D eigenvalue weighted by atomic mass is 9.92. The first kappa shape index (κ1) is 12.6. The van der Waals surface area contributed by atoms with E-state index in [1.165, 1.54) is 5.56 Å². The van der Waals surface area contributed by atoms with Gasteiger partial charge in [-0.15, -0.1) is 0 Å². The Hall–Kier alpha value is -0.870. The summed E-state index contributed by atoms with van der Waals surface area (Å²) in [4.78, 5) is 0. The molecule has 0 saturated carbocycles. The molecule has 1 unspecified atom stereocenters. The predicted octanol–water partition coefficient (Wildman–Crippen LogP) is 2.35. The predicted molar refractivity (Wildman–Crippen MR) is 69.3 cm³/mol. The zero-order valence-electron chi connectivity index (χ0n) is 10.4. The van der Waals surface area contributed by atoms with Crippen LogP contribution in [0.3, 0.4) is 0 Å². The number of fused-ring (bicyclic) bond motifs is 1. The normalized spacial score (nSPS) is 21.2. The smallest absolute Gasteiger partial charge is 0.212 e. The molecule has 0 amide bonds. The van der Waals surface area contributed by atoms with Crippen molar-refractivity contribution in [2.45, 2.75) is 32.7 Å². The SMILES string of the molecule is CCCS(=O)(=O)N1Cc2ccccc2C(C)C1. The van der Waals surface area contributed by atoms with Gasteiger partial charge in [-0.1, -0.05) is 38.1 Å². The minimum absolute atomic E-state index is 0.252. The van der Waals surface area contributed by atoms with Crippen LogP contribution < -0.4 is 0 Å². The molecule has 1 heterocycles. The molecule has 0 N–H and O–H groups in total. The second-order valence-electron chi connectivity index (χ2n) is 4.71. The molecule has 0 aromatic heterocycles. The number of hydrogen-bond donors (Lipinski definition) is 0. The highest BCUT2D eigenvalue weighted by Crippen LogP contribution is 2.29. The molecule has 1 atom stereocenters. The average Bonchev–Trinajstić information content (AvgIpc) is 2.29. The van der Waals surface area contributed by atoms with E-state index in [0.29, 0.717) is 19.5 Å². The monoisotopic (exact) mass is 253 g/mol. The Morgan fingerprint density at radius 1 is 1.35 bits per heavy atom. The van der Waals surface area contributed by atoms with Crippen LogP contribution in [0.1, 0.15) is 37.3 Å². The Kier molecular flexibility index (Phi) is 3.54. The maximum absolute atomic E-state index is 12.1. The quantitative estimate of drug-likeness (QED) is 0.829. The Labute approximate surface area is 104 Å². The highest BCUT2D eigenvalue weighted by atomic mass is 32.2. The topological polar surface area (TPSA) is 37.4 Å². The van der Waals surface area contributed by atoms with Crippen molar-refractivity contribution >= 4 is 10.0 Å². The molecule has 17 heavy (non-hydrogen) atoms. The summed E-state index contributed by atoms with van der Waals surface area (Å²) in [6, 6.07) is 8.12. The van der Waals surface area contributed by atoms with Crippen molar-refractivity contribution in [2.24, 2.45) is 0 Å². The molecule has 3 nitrogen and oxygen atoms in total. The summed E-state index contributed by atoms with van der Waals surface area (Å²) >= 11 is 0. The van der Waals surface area contributed by atoms with Crippen LogP contribution in [0.25, 0.3) is 0 Å². The van der Waals surface area contributed by atoms with Crippen LogP contribution >= 0.6 is 0 Å². The minimum Gasteiger partial charge on any atom is -0.212 e. The van der Waals surface area contributed by atoms with Crippen molar-refractivity contribution in [1.29, 1.82) is 0 Å². The van der Waals surface area contributed by atoms with E-state index in [9.17, 15) is 8.42 Å². The number of hydrogen-bond acceptors (Lipinski definition) is 2. The lowest BCUT2D eigenvalue weighted by molar-refractivity contribution is 0.363. The second-order valence-corrected chi connectivity index (χ2v) is 6.80. The first-order chi connectivity index (χ1) is 8.04. The molecule has 1 aromatic rings. The third kappa shape index (κ3) is 2.53. The van der Waals surface area contributed by atoms with Gasteiger partial charge in [0.2, 0.25) is 10.0 Å². The van der Waals surface area contributed by atoms with Gasteiger partial charge in [0.25, 0.3) is 0 Å². The van der Waals surface area contributed by atoms with E-state index in [2.05, 4.69) is 13.0 Å². The molecule has 0 spiro atoms. The minimum atomic E-state index is -3.08. The van der Waals surface area contributed by atoms with Crippen LogP contribution in [-0.4, -0.2) is 25.0 Å². The van der Waals surface area contributed by atoms with Crippen molar-refractivity contribution in [3.05, 3.63) is 35.4 Å². The van der Waals surface area contributed by atoms with Crippen LogP contribution in [0.4, 0.5) is 0 Å². The molecule has 94 valence electrons. The van der Waals surface area contributed by atoms with E-state index in [1.54, 1.807) is 4.31 Å². The molecular formula is C13H19NO2S. The fourth-order valence-electron chi connectivity index (χ4n) is 2.42. The molecular weight excluding hydrogens is 234 g/mol. The molecule has 4 heteroatoms. The number of nitrogens with zero attached hydrogens (tertiary/aromatic N) is 1. The molecule has 0 fully saturated rings. The van der Waals surface area contributed by atoms with Gasteiger partial charge in [0, 0.05) is 13.1 Å². The first-order valence-corrected chi connectivity index (χ1v) is 7.71. The van der Waals surface area contributed by atoms with Crippen molar-refractivity contribution in [3.8, 4) is 0 Å². The molecule has 0 saturated heterocycles. The summed E-state index contributed by atoms with van der Waals surface area (Å²) in [6.45, 7) is 5.13. The fourth-order valence-corrected chi connectivity index (χ4v) is 3.98. The number of sulfonamides is 1. The van der Waals surface area contributed by atoms with Gasteiger partial charge >= 0.3 is 0 Å². The molecule has 2 rings (SSSR count). The van der Waals surface area contributed by atoms with Crippen LogP contribution in [0, 0.1) is 0 Å². The maximum Gasteiger partial charge on any atom is 0.214 e. The first-order valence-electron chi connectivity index (χ1n) is 6.10. The summed E-state index contributed by atoms with van der Waals surface area (Å²) in [5.74, 6) is 0.536. The Morgan fingerprint density at radius 2 is 2.06 bits per heavy atom. The van der Waals surface area contributed by atoms with Gasteiger partial charge in [-0.05, 0) is 23.5 Å². The van der Waals surface area contributed by atoms with Gasteiger partial charge in [0.15, 0.2) is 0 Å². The van der Waals surface area contributed by atoms with Gasteiger partial charge in [-0.25, -0.2) is 8.42 Å². The molecule has 1 aliphatic rings. The van der Waals surface area contributed by atoms with Gasteiger partial charge in [0.05, 0.1) is 5.75 Å². The molecule has 1 aromatic carbocycles. The van der Waals surface area contributed by atoms with Crippen LogP contribution in [0.15, 0.2) is 24.3 Å². The van der Waals surface area contributed by atoms with Gasteiger partial charge in [-0.2, -0.15) is 4.31 Å². The molecule has 0 bridgehead atoms. The van der Waals surface area contributed by atoms with E-state index in [-0.39, 0.29) is 11.7 Å². The maximum atomic E-state index is 12.1. The number of rotatable bonds is 3. The summed E-state index contributed by atoms with van der Waals surface area (Å²) in [5.41, 5.74) is 2.43. The van der Waals surface area contributed by atoms with Gasteiger partial charge in [0.1, 0.15) is 0 Å². The van der Waals surface area contributed by atoms with E-state index < -0.39 is 10.0 Å². The largest absolute Gasteiger partial charge is 0.214 e. The fraction of sp³-hybridized carbons (Fsp3) is 0.538. The lowest BCUT2D eigenvalue weighted by Gasteiger charge is -2.32. The van der Waals surface area contributed by atoms with Crippen LogP contribution in [0.2, 0.25) is 0 Å². The zero-order valence-corrected chi connectivity index (χ0v) is 11.2. The highest BCUT2D eigenvalue weighted by molar-refractivity contribution is 7.89. The van der Waals surface area contributed by atoms with Crippen molar-refractivity contribution in [1.82, 2.24) is 4.31 Å². The Morgan fingerprint density at radius 3 is 2.76 bits per heavy atom. The Balaban J connectivity index is 2.28. The van der Waals surface area contributed by atoms with Crippen molar-refractivity contribution in [2.75, 3.05) is 12.3 Å². The molecule has 0 aliphatic carbocycles. The lowest BCUT2D eigenvalue weighted by Crippen LogP contribution is -2.38. The van der Waals surface area contributed by atoms with E-state index >= 15 is 0 Å². The third-order valence-electron chi connectivity index (χ3n) is 3.27. The summed E-state index contributed by atoms with van der Waals surface area (Å²) < 4.78 is 25.8. The standard InChI is InChI=1S/C13H19NO2S/c1-3-8-17(15,16)14-9-11(2)13-7-5-4-6-12(13)10-14/h4-7,11H,3,8-10H2,1-2H3. The van der Waals surface area contributed by atoms with E-state index in [4.69, 9.17) is 0 Å². The van der Waals surface area contributed by atoms with Crippen LogP contribution in [0.5, 0.6) is 0 Å². The second kappa shape index (κ2) is 4.78. The van der Waals surface area contributed by atoms with E-state index in [0.717, 1.165) is 5.56 Å². The van der Waals surface area contributed by atoms with Gasteiger partial charge in [-0.3, -0.25) is 0 Å². The van der Waals surface area contributed by atoms with E-state index in [1.807, 2.05) is 25.1 Å². The average molecular weight is 253 g/mol. The molecule has 0 radical (unpaired) electrons. The summed E-state index contributed by atoms with van der Waals surface area (Å²) in [6.07, 6.45) is 0.675. The number of benzene rings is 1. The summed E-state index contributed by atoms with van der Waals surface area (Å²) in [7, 11) is -3.08. The molecule has 1 aliphatic heterocycles.